The van der Waals surface area contributed by atoms with Gasteiger partial charge in [-0.3, -0.25) is 0 Å². The van der Waals surface area contributed by atoms with Crippen molar-refractivity contribution in [2.24, 2.45) is 0 Å². The van der Waals surface area contributed by atoms with E-state index in [0.29, 0.717) is 12.6 Å². The molecule has 0 aliphatic heterocycles. The van der Waals surface area contributed by atoms with Gasteiger partial charge in [0, 0.05) is 12.6 Å². The Morgan fingerprint density at radius 2 is 1.73 bits per heavy atom. The van der Waals surface area contributed by atoms with E-state index in [2.05, 4.69) is 41.4 Å². The fraction of sp³-hybridized carbons (Fsp3) is 0.500. The Morgan fingerprint density at radius 3 is 2.38 bits per heavy atom. The second kappa shape index (κ2) is 9.77. The van der Waals surface area contributed by atoms with Crippen LogP contribution in [0.25, 0.3) is 0 Å². The Hall–Kier alpha value is -1.81. The van der Waals surface area contributed by atoms with Gasteiger partial charge in [-0.25, -0.2) is 0 Å². The lowest BCUT2D eigenvalue weighted by molar-refractivity contribution is 0.338. The average Bonchev–Trinajstić information content (AvgIpc) is 3.11. The first kappa shape index (κ1) is 19.0. The van der Waals surface area contributed by atoms with E-state index in [0.717, 1.165) is 17.4 Å². The summed E-state index contributed by atoms with van der Waals surface area (Å²) in [4.78, 5) is 2.22. The van der Waals surface area contributed by atoms with Crippen LogP contribution in [0.3, 0.4) is 0 Å². The first-order valence-corrected chi connectivity index (χ1v) is 10.2. The molecule has 0 atom stereocenters. The highest BCUT2D eigenvalue weighted by atomic mass is 32.1. The summed E-state index contributed by atoms with van der Waals surface area (Å²) >= 11 is 5.81. The number of hydrogen-bond acceptors (Lipinski definition) is 2. The van der Waals surface area contributed by atoms with Gasteiger partial charge in [0.25, 0.3) is 0 Å². The van der Waals surface area contributed by atoms with Crippen molar-refractivity contribution in [1.29, 1.82) is 0 Å². The van der Waals surface area contributed by atoms with Gasteiger partial charge >= 0.3 is 0 Å². The van der Waals surface area contributed by atoms with Crippen LogP contribution in [0.2, 0.25) is 0 Å². The van der Waals surface area contributed by atoms with Gasteiger partial charge in [0.1, 0.15) is 5.76 Å². The fourth-order valence-electron chi connectivity index (χ4n) is 3.57. The van der Waals surface area contributed by atoms with E-state index in [1.165, 1.54) is 56.1 Å². The molecule has 1 aliphatic carbocycles. The molecule has 26 heavy (non-hydrogen) atoms. The zero-order valence-corrected chi connectivity index (χ0v) is 16.6. The molecule has 3 rings (SSSR count). The van der Waals surface area contributed by atoms with Gasteiger partial charge in [-0.1, -0.05) is 61.9 Å². The predicted octanol–water partition coefficient (Wildman–Crippen LogP) is 5.58. The Morgan fingerprint density at radius 1 is 1.04 bits per heavy atom. The second-order valence-electron chi connectivity index (χ2n) is 7.41. The molecule has 0 radical (unpaired) electrons. The summed E-state index contributed by atoms with van der Waals surface area (Å²) in [6, 6.07) is 13.1. The smallest absolute Gasteiger partial charge is 0.169 e. The minimum atomic E-state index is 0.500. The summed E-state index contributed by atoms with van der Waals surface area (Å²) in [5, 5.41) is 4.49. The maximum absolute atomic E-state index is 5.81. The Kier molecular flexibility index (Phi) is 7.13. The minimum absolute atomic E-state index is 0.500. The Bertz CT molecular complexity index is 658. The number of aryl methyl sites for hydroxylation is 1. The number of nitrogens with zero attached hydrogens (tertiary/aromatic N) is 1. The Labute approximate surface area is 162 Å². The SMILES string of the molecule is Cc1ccc(CN(Cc2ccco2)C(=S)NC2CCCCCCC2)cc1. The third-order valence-corrected chi connectivity index (χ3v) is 5.52. The molecule has 0 spiro atoms. The second-order valence-corrected chi connectivity index (χ2v) is 7.80. The van der Waals surface area contributed by atoms with Gasteiger partial charge in [-0.15, -0.1) is 0 Å². The molecule has 1 aromatic carbocycles. The van der Waals surface area contributed by atoms with Crippen LogP contribution in [0.1, 0.15) is 61.8 Å². The van der Waals surface area contributed by atoms with Crippen LogP contribution in [0.15, 0.2) is 47.1 Å². The first-order chi connectivity index (χ1) is 12.7. The first-order valence-electron chi connectivity index (χ1n) is 9.84. The van der Waals surface area contributed by atoms with Gasteiger partial charge in [-0.2, -0.15) is 0 Å². The van der Waals surface area contributed by atoms with Crippen molar-refractivity contribution >= 4 is 17.3 Å². The number of thiocarbonyl (C=S) groups is 1. The third kappa shape index (κ3) is 5.87. The molecule has 140 valence electrons. The van der Waals surface area contributed by atoms with Gasteiger partial charge in [0.05, 0.1) is 12.8 Å². The van der Waals surface area contributed by atoms with Gasteiger partial charge in [0.2, 0.25) is 0 Å². The van der Waals surface area contributed by atoms with Crippen LogP contribution in [0, 0.1) is 6.92 Å². The van der Waals surface area contributed by atoms with Crippen LogP contribution < -0.4 is 5.32 Å². The highest BCUT2D eigenvalue weighted by Gasteiger charge is 2.17. The molecule has 3 nitrogen and oxygen atoms in total. The van der Waals surface area contributed by atoms with Crippen LogP contribution in [0.5, 0.6) is 0 Å². The molecular weight excluding hydrogens is 340 g/mol. The number of benzene rings is 1. The summed E-state index contributed by atoms with van der Waals surface area (Å²) in [6.07, 6.45) is 10.9. The van der Waals surface area contributed by atoms with E-state index < -0.39 is 0 Å². The zero-order valence-electron chi connectivity index (χ0n) is 15.7. The number of nitrogens with one attached hydrogen (secondary N) is 1. The monoisotopic (exact) mass is 370 g/mol. The van der Waals surface area contributed by atoms with Crippen molar-refractivity contribution < 1.29 is 4.42 Å². The summed E-state index contributed by atoms with van der Waals surface area (Å²) in [6.45, 7) is 3.60. The number of furan rings is 1. The van der Waals surface area contributed by atoms with Gasteiger partial charge < -0.3 is 14.6 Å². The van der Waals surface area contributed by atoms with Gasteiger partial charge in [-0.05, 0) is 49.7 Å². The maximum atomic E-state index is 5.81. The molecule has 1 heterocycles. The number of hydrogen-bond donors (Lipinski definition) is 1. The van der Waals surface area contributed by atoms with E-state index in [-0.39, 0.29) is 0 Å². The third-order valence-electron chi connectivity index (χ3n) is 5.14. The highest BCUT2D eigenvalue weighted by molar-refractivity contribution is 7.80. The van der Waals surface area contributed by atoms with E-state index in [1.54, 1.807) is 6.26 Å². The average molecular weight is 371 g/mol. The normalized spacial score (nSPS) is 15.9. The molecule has 1 aliphatic rings. The van der Waals surface area contributed by atoms with Crippen molar-refractivity contribution in [2.45, 2.75) is 71.0 Å². The van der Waals surface area contributed by atoms with Crippen LogP contribution in [-0.4, -0.2) is 16.1 Å². The predicted molar refractivity (Wildman–Crippen MR) is 111 cm³/mol. The maximum Gasteiger partial charge on any atom is 0.169 e. The van der Waals surface area contributed by atoms with Crippen LogP contribution in [-0.2, 0) is 13.1 Å². The van der Waals surface area contributed by atoms with Crippen molar-refractivity contribution in [3.05, 3.63) is 59.5 Å². The largest absolute Gasteiger partial charge is 0.467 e. The topological polar surface area (TPSA) is 28.4 Å². The summed E-state index contributed by atoms with van der Waals surface area (Å²) in [5.74, 6) is 0.943. The molecule has 1 saturated carbocycles. The van der Waals surface area contributed by atoms with E-state index in [9.17, 15) is 0 Å². The number of rotatable bonds is 5. The standard InChI is InChI=1S/C22H30N2OS/c1-18-11-13-19(14-12-18)16-24(17-21-10-7-15-25-21)22(26)23-20-8-5-3-2-4-6-9-20/h7,10-15,20H,2-6,8-9,16-17H2,1H3,(H,23,26). The van der Waals surface area contributed by atoms with Crippen molar-refractivity contribution in [3.8, 4) is 0 Å². The summed E-state index contributed by atoms with van der Waals surface area (Å²) < 4.78 is 5.57. The van der Waals surface area contributed by atoms with E-state index in [1.807, 2.05) is 12.1 Å². The van der Waals surface area contributed by atoms with E-state index >= 15 is 0 Å². The molecule has 0 amide bonds. The molecule has 0 unspecified atom stereocenters. The summed E-state index contributed by atoms with van der Waals surface area (Å²) in [5.41, 5.74) is 2.55. The minimum Gasteiger partial charge on any atom is -0.467 e. The molecule has 1 N–H and O–H groups in total. The van der Waals surface area contributed by atoms with Crippen LogP contribution >= 0.6 is 12.2 Å². The lowest BCUT2D eigenvalue weighted by Gasteiger charge is -2.29. The molecule has 1 aromatic heterocycles. The molecule has 0 saturated heterocycles. The quantitative estimate of drug-likeness (QED) is 0.696. The van der Waals surface area contributed by atoms with Crippen LogP contribution in [0.4, 0.5) is 0 Å². The van der Waals surface area contributed by atoms with Gasteiger partial charge in [0.15, 0.2) is 5.11 Å². The Balaban J connectivity index is 1.66. The molecule has 4 heteroatoms. The molecule has 2 aromatic rings. The summed E-state index contributed by atoms with van der Waals surface area (Å²) in [7, 11) is 0. The van der Waals surface area contributed by atoms with Crippen molar-refractivity contribution in [3.63, 3.8) is 0 Å². The van der Waals surface area contributed by atoms with E-state index in [4.69, 9.17) is 16.6 Å². The zero-order chi connectivity index (χ0) is 18.2. The van der Waals surface area contributed by atoms with Crippen molar-refractivity contribution in [2.75, 3.05) is 0 Å². The lowest BCUT2D eigenvalue weighted by atomic mass is 9.97. The molecule has 0 bridgehead atoms. The molecular formula is C22H30N2OS. The fourth-order valence-corrected chi connectivity index (χ4v) is 3.87. The highest BCUT2D eigenvalue weighted by Crippen LogP contribution is 2.18. The lowest BCUT2D eigenvalue weighted by Crippen LogP contribution is -2.44. The molecule has 1 fully saturated rings. The van der Waals surface area contributed by atoms with Crippen molar-refractivity contribution in [1.82, 2.24) is 10.2 Å².